The highest BCUT2D eigenvalue weighted by atomic mass is 35.5. The molecule has 1 N–H and O–H groups in total. The summed E-state index contributed by atoms with van der Waals surface area (Å²) in [7, 11) is -3.75. The van der Waals surface area contributed by atoms with E-state index in [1.54, 1.807) is 6.92 Å². The molecule has 1 aromatic carbocycles. The van der Waals surface area contributed by atoms with Crippen LogP contribution < -0.4 is 4.72 Å². The highest BCUT2D eigenvalue weighted by Gasteiger charge is 2.31. The molecule has 1 unspecified atom stereocenters. The summed E-state index contributed by atoms with van der Waals surface area (Å²) >= 11 is 5.65. The molecule has 2 rings (SSSR count). The third-order valence-corrected chi connectivity index (χ3v) is 4.97. The Morgan fingerprint density at radius 3 is 2.63 bits per heavy atom. The lowest BCUT2D eigenvalue weighted by molar-refractivity contribution is -0.384. The Bertz CT molecular complexity index is 613. The maximum Gasteiger partial charge on any atom is 0.289 e. The first-order valence-corrected chi connectivity index (χ1v) is 7.63. The summed E-state index contributed by atoms with van der Waals surface area (Å²) < 4.78 is 26.7. The first-order chi connectivity index (χ1) is 8.81. The molecule has 1 atom stereocenters. The van der Waals surface area contributed by atoms with Gasteiger partial charge >= 0.3 is 0 Å². The van der Waals surface area contributed by atoms with Crippen LogP contribution >= 0.6 is 11.6 Å². The van der Waals surface area contributed by atoms with Crippen molar-refractivity contribution in [2.75, 3.05) is 0 Å². The number of nitrogens with zero attached hydrogens (tertiary/aromatic N) is 1. The van der Waals surface area contributed by atoms with Crippen LogP contribution in [0.4, 0.5) is 5.69 Å². The molecule has 0 amide bonds. The smallest absolute Gasteiger partial charge is 0.258 e. The summed E-state index contributed by atoms with van der Waals surface area (Å²) in [5.41, 5.74) is -0.413. The third kappa shape index (κ3) is 3.23. The number of rotatable bonds is 5. The maximum absolute atomic E-state index is 12.1. The summed E-state index contributed by atoms with van der Waals surface area (Å²) in [6.07, 6.45) is 2.01. The van der Waals surface area contributed by atoms with E-state index in [-0.39, 0.29) is 16.0 Å². The van der Waals surface area contributed by atoms with Gasteiger partial charge in [0, 0.05) is 12.1 Å². The van der Waals surface area contributed by atoms with Crippen LogP contribution in [0, 0.1) is 16.0 Å². The Labute approximate surface area is 116 Å². The van der Waals surface area contributed by atoms with Gasteiger partial charge in [-0.25, -0.2) is 13.1 Å². The van der Waals surface area contributed by atoms with E-state index in [1.807, 2.05) is 0 Å². The molecule has 104 valence electrons. The van der Waals surface area contributed by atoms with Crippen molar-refractivity contribution < 1.29 is 13.3 Å². The van der Waals surface area contributed by atoms with Crippen LogP contribution in [0.2, 0.25) is 5.02 Å². The Morgan fingerprint density at radius 2 is 2.11 bits per heavy atom. The van der Waals surface area contributed by atoms with Gasteiger partial charge in [0.25, 0.3) is 5.69 Å². The largest absolute Gasteiger partial charge is 0.289 e. The number of halogens is 1. The Kier molecular flexibility index (Phi) is 3.80. The maximum atomic E-state index is 12.1. The van der Waals surface area contributed by atoms with Gasteiger partial charge in [-0.2, -0.15) is 0 Å². The number of benzene rings is 1. The van der Waals surface area contributed by atoms with Crippen LogP contribution in [-0.4, -0.2) is 19.4 Å². The molecule has 0 aliphatic heterocycles. The Morgan fingerprint density at radius 1 is 1.47 bits per heavy atom. The van der Waals surface area contributed by atoms with Gasteiger partial charge in [0.15, 0.2) is 0 Å². The molecule has 8 heteroatoms. The van der Waals surface area contributed by atoms with Gasteiger partial charge < -0.3 is 0 Å². The molecular weight excluding hydrogens is 292 g/mol. The second kappa shape index (κ2) is 5.07. The topological polar surface area (TPSA) is 89.3 Å². The van der Waals surface area contributed by atoms with Crippen molar-refractivity contribution in [2.45, 2.75) is 30.7 Å². The standard InChI is InChI=1S/C11H13ClN2O4S/c1-7(8-2-3-8)13-19(17,18)9-4-5-10(12)11(6-9)14(15)16/h4-8,13H,2-3H2,1H3. The van der Waals surface area contributed by atoms with Crippen LogP contribution in [0.5, 0.6) is 0 Å². The van der Waals surface area contributed by atoms with E-state index >= 15 is 0 Å². The molecule has 0 spiro atoms. The van der Waals surface area contributed by atoms with Crippen molar-refractivity contribution in [2.24, 2.45) is 5.92 Å². The minimum Gasteiger partial charge on any atom is -0.258 e. The highest BCUT2D eigenvalue weighted by Crippen LogP contribution is 2.33. The minimum atomic E-state index is -3.75. The lowest BCUT2D eigenvalue weighted by atomic mass is 10.2. The van der Waals surface area contributed by atoms with E-state index in [9.17, 15) is 18.5 Å². The minimum absolute atomic E-state index is 0.0841. The number of hydrogen-bond acceptors (Lipinski definition) is 4. The monoisotopic (exact) mass is 304 g/mol. The summed E-state index contributed by atoms with van der Waals surface area (Å²) in [6.45, 7) is 1.79. The van der Waals surface area contributed by atoms with Crippen LogP contribution in [0.3, 0.4) is 0 Å². The zero-order valence-electron chi connectivity index (χ0n) is 10.2. The van der Waals surface area contributed by atoms with E-state index < -0.39 is 20.6 Å². The third-order valence-electron chi connectivity index (χ3n) is 3.09. The Balaban J connectivity index is 2.29. The predicted octanol–water partition coefficient (Wildman–Crippen LogP) is 2.33. The van der Waals surface area contributed by atoms with Crippen LogP contribution in [0.15, 0.2) is 23.1 Å². The number of sulfonamides is 1. The van der Waals surface area contributed by atoms with E-state index in [2.05, 4.69) is 4.72 Å². The zero-order valence-corrected chi connectivity index (χ0v) is 11.7. The van der Waals surface area contributed by atoms with Gasteiger partial charge in [0.1, 0.15) is 5.02 Å². The molecule has 1 aliphatic rings. The van der Waals surface area contributed by atoms with Gasteiger partial charge in [0.2, 0.25) is 10.0 Å². The summed E-state index contributed by atoms with van der Waals surface area (Å²) in [4.78, 5) is 9.90. The van der Waals surface area contributed by atoms with Gasteiger partial charge in [-0.1, -0.05) is 11.6 Å². The first kappa shape index (κ1) is 14.2. The van der Waals surface area contributed by atoms with Gasteiger partial charge in [-0.05, 0) is 37.8 Å². The van der Waals surface area contributed by atoms with Gasteiger partial charge in [0.05, 0.1) is 9.82 Å². The molecule has 1 saturated carbocycles. The molecule has 6 nitrogen and oxygen atoms in total. The number of nitrogens with one attached hydrogen (secondary N) is 1. The molecule has 1 aliphatic carbocycles. The molecule has 0 aromatic heterocycles. The lowest BCUT2D eigenvalue weighted by Gasteiger charge is -2.13. The second-order valence-corrected chi connectivity index (χ2v) is 6.74. The normalized spacial score (nSPS) is 17.2. The molecule has 1 aromatic rings. The van der Waals surface area contributed by atoms with E-state index in [0.717, 1.165) is 18.9 Å². The lowest BCUT2D eigenvalue weighted by Crippen LogP contribution is -2.34. The zero-order chi connectivity index (χ0) is 14.2. The fourth-order valence-electron chi connectivity index (χ4n) is 1.80. The van der Waals surface area contributed by atoms with E-state index in [1.165, 1.54) is 12.1 Å². The molecular formula is C11H13ClN2O4S. The van der Waals surface area contributed by atoms with Crippen LogP contribution in [0.1, 0.15) is 19.8 Å². The van der Waals surface area contributed by atoms with Crippen LogP contribution in [0.25, 0.3) is 0 Å². The predicted molar refractivity (Wildman–Crippen MR) is 70.6 cm³/mol. The second-order valence-electron chi connectivity index (χ2n) is 4.62. The van der Waals surface area contributed by atoms with E-state index in [4.69, 9.17) is 11.6 Å². The average molecular weight is 305 g/mol. The molecule has 19 heavy (non-hydrogen) atoms. The number of hydrogen-bond donors (Lipinski definition) is 1. The molecule has 0 bridgehead atoms. The number of nitro groups is 1. The average Bonchev–Trinajstić information content (AvgIpc) is 3.11. The quantitative estimate of drug-likeness (QED) is 0.668. The summed E-state index contributed by atoms with van der Waals surface area (Å²) in [6, 6.07) is 3.29. The first-order valence-electron chi connectivity index (χ1n) is 5.77. The van der Waals surface area contributed by atoms with E-state index in [0.29, 0.717) is 5.92 Å². The van der Waals surface area contributed by atoms with Crippen molar-refractivity contribution in [3.8, 4) is 0 Å². The molecule has 0 radical (unpaired) electrons. The van der Waals surface area contributed by atoms with Crippen LogP contribution in [-0.2, 0) is 10.0 Å². The fourth-order valence-corrected chi connectivity index (χ4v) is 3.32. The van der Waals surface area contributed by atoms with Crippen molar-refractivity contribution in [3.63, 3.8) is 0 Å². The van der Waals surface area contributed by atoms with Gasteiger partial charge in [-0.15, -0.1) is 0 Å². The molecule has 0 saturated heterocycles. The molecule has 0 heterocycles. The SMILES string of the molecule is CC(NS(=O)(=O)c1ccc(Cl)c([N+](=O)[O-])c1)C1CC1. The van der Waals surface area contributed by atoms with Gasteiger partial charge in [-0.3, -0.25) is 10.1 Å². The van der Waals surface area contributed by atoms with Crippen molar-refractivity contribution in [1.29, 1.82) is 0 Å². The molecule has 1 fully saturated rings. The number of nitro benzene ring substituents is 1. The van der Waals surface area contributed by atoms with Crippen molar-refractivity contribution in [1.82, 2.24) is 4.72 Å². The fraction of sp³-hybridized carbons (Fsp3) is 0.455. The summed E-state index contributed by atoms with van der Waals surface area (Å²) in [5, 5.41) is 10.7. The summed E-state index contributed by atoms with van der Waals surface area (Å²) in [5.74, 6) is 0.358. The Hall–Kier alpha value is -1.18. The van der Waals surface area contributed by atoms with Crippen molar-refractivity contribution >= 4 is 27.3 Å². The highest BCUT2D eigenvalue weighted by molar-refractivity contribution is 7.89. The van der Waals surface area contributed by atoms with Crippen molar-refractivity contribution in [3.05, 3.63) is 33.3 Å².